The van der Waals surface area contributed by atoms with Gasteiger partial charge in [-0.3, -0.25) is 9.69 Å². The van der Waals surface area contributed by atoms with Crippen LogP contribution in [-0.4, -0.2) is 43.2 Å². The second-order valence-electron chi connectivity index (χ2n) is 5.94. The Balaban J connectivity index is 1.66. The van der Waals surface area contributed by atoms with E-state index in [-0.39, 0.29) is 11.9 Å². The lowest BCUT2D eigenvalue weighted by molar-refractivity contribution is 0.0785. The van der Waals surface area contributed by atoms with Crippen molar-refractivity contribution in [1.82, 2.24) is 10.2 Å². The van der Waals surface area contributed by atoms with Gasteiger partial charge in [-0.15, -0.1) is 11.8 Å². The summed E-state index contributed by atoms with van der Waals surface area (Å²) in [5, 5.41) is 2.77. The van der Waals surface area contributed by atoms with Crippen molar-refractivity contribution in [2.75, 3.05) is 31.3 Å². The first-order chi connectivity index (χ1) is 12.1. The Morgan fingerprint density at radius 3 is 2.40 bits per heavy atom. The molecule has 1 fully saturated rings. The summed E-state index contributed by atoms with van der Waals surface area (Å²) in [6, 6.07) is 15.3. The second kappa shape index (κ2) is 7.61. The third kappa shape index (κ3) is 3.96. The molecule has 0 radical (unpaired) electrons. The summed E-state index contributed by atoms with van der Waals surface area (Å²) in [6.45, 7) is 1.86. The highest BCUT2D eigenvalue weighted by Gasteiger charge is 2.21. The highest BCUT2D eigenvalue weighted by atomic mass is 32.2. The third-order valence-corrected chi connectivity index (χ3v) is 4.95. The van der Waals surface area contributed by atoms with Crippen molar-refractivity contribution in [3.8, 4) is 0 Å². The van der Waals surface area contributed by atoms with Gasteiger partial charge in [0.15, 0.2) is 0 Å². The van der Waals surface area contributed by atoms with Crippen LogP contribution in [0.2, 0.25) is 0 Å². The number of nitrogens with one attached hydrogen (secondary N) is 1. The molecule has 5 nitrogen and oxygen atoms in total. The zero-order chi connectivity index (χ0) is 17.8. The average molecular weight is 355 g/mol. The molecule has 0 atom stereocenters. The number of rotatable bonds is 5. The number of hydrogen-bond acceptors (Lipinski definition) is 3. The molecule has 0 bridgehead atoms. The molecule has 0 unspecified atom stereocenters. The number of benzene rings is 2. The maximum Gasteiger partial charge on any atom is 0.321 e. The number of anilines is 1. The number of urea groups is 1. The standard InChI is InChI=1S/C19H21N3O2S/c1-21(13-14-3-9-17(25-2)10-4-14)18(23)15-5-7-16(8-6-15)22-12-11-20-19(22)24/h3-10H,11-13H2,1-2H3,(H,20,24). The molecular formula is C19H21N3O2S. The predicted molar refractivity (Wildman–Crippen MR) is 101 cm³/mol. The lowest BCUT2D eigenvalue weighted by atomic mass is 10.1. The van der Waals surface area contributed by atoms with Crippen LogP contribution in [0.5, 0.6) is 0 Å². The highest BCUT2D eigenvalue weighted by Crippen LogP contribution is 2.19. The van der Waals surface area contributed by atoms with Crippen LogP contribution >= 0.6 is 11.8 Å². The third-order valence-electron chi connectivity index (χ3n) is 4.21. The number of hydrogen-bond donors (Lipinski definition) is 1. The molecule has 3 rings (SSSR count). The van der Waals surface area contributed by atoms with Crippen molar-refractivity contribution in [3.05, 3.63) is 59.7 Å². The molecule has 1 heterocycles. The van der Waals surface area contributed by atoms with E-state index < -0.39 is 0 Å². The summed E-state index contributed by atoms with van der Waals surface area (Å²) >= 11 is 1.70. The minimum Gasteiger partial charge on any atom is -0.337 e. The molecule has 0 aromatic heterocycles. The van der Waals surface area contributed by atoms with Crippen LogP contribution in [0.4, 0.5) is 10.5 Å². The van der Waals surface area contributed by atoms with Gasteiger partial charge in [-0.05, 0) is 48.2 Å². The summed E-state index contributed by atoms with van der Waals surface area (Å²) in [7, 11) is 1.80. The van der Waals surface area contributed by atoms with Crippen molar-refractivity contribution < 1.29 is 9.59 Å². The predicted octanol–water partition coefficient (Wildman–Crippen LogP) is 3.21. The van der Waals surface area contributed by atoms with Gasteiger partial charge in [-0.1, -0.05) is 12.1 Å². The maximum atomic E-state index is 12.6. The van der Waals surface area contributed by atoms with Crippen molar-refractivity contribution in [2.24, 2.45) is 0 Å². The fourth-order valence-electron chi connectivity index (χ4n) is 2.80. The van der Waals surface area contributed by atoms with Crippen LogP contribution in [0.3, 0.4) is 0 Å². The molecule has 2 aromatic rings. The van der Waals surface area contributed by atoms with Crippen molar-refractivity contribution in [2.45, 2.75) is 11.4 Å². The van der Waals surface area contributed by atoms with Gasteiger partial charge in [-0.2, -0.15) is 0 Å². The zero-order valence-corrected chi connectivity index (χ0v) is 15.2. The van der Waals surface area contributed by atoms with Crippen LogP contribution < -0.4 is 10.2 Å². The van der Waals surface area contributed by atoms with Crippen LogP contribution in [0.25, 0.3) is 0 Å². The van der Waals surface area contributed by atoms with Crippen LogP contribution in [0, 0.1) is 0 Å². The van der Waals surface area contributed by atoms with Crippen molar-refractivity contribution in [1.29, 1.82) is 0 Å². The number of amides is 3. The number of thioether (sulfide) groups is 1. The van der Waals surface area contributed by atoms with E-state index in [9.17, 15) is 9.59 Å². The molecule has 0 saturated carbocycles. The lowest BCUT2D eigenvalue weighted by Gasteiger charge is -2.19. The maximum absolute atomic E-state index is 12.6. The minimum absolute atomic E-state index is 0.0358. The lowest BCUT2D eigenvalue weighted by Crippen LogP contribution is -2.28. The molecular weight excluding hydrogens is 334 g/mol. The molecule has 1 aliphatic rings. The smallest absolute Gasteiger partial charge is 0.321 e. The van der Waals surface area contributed by atoms with Crippen molar-refractivity contribution >= 4 is 29.4 Å². The Hall–Kier alpha value is -2.47. The Morgan fingerprint density at radius 1 is 1.16 bits per heavy atom. The number of nitrogens with zero attached hydrogens (tertiary/aromatic N) is 2. The first-order valence-corrected chi connectivity index (χ1v) is 9.35. The van der Waals surface area contributed by atoms with Gasteiger partial charge in [0.05, 0.1) is 0 Å². The van der Waals surface area contributed by atoms with Gasteiger partial charge >= 0.3 is 6.03 Å². The van der Waals surface area contributed by atoms with E-state index in [1.165, 1.54) is 4.90 Å². The summed E-state index contributed by atoms with van der Waals surface area (Å²) in [5.41, 5.74) is 2.52. The highest BCUT2D eigenvalue weighted by molar-refractivity contribution is 7.98. The van der Waals surface area contributed by atoms with E-state index in [1.54, 1.807) is 40.7 Å². The quantitative estimate of drug-likeness (QED) is 0.838. The summed E-state index contributed by atoms with van der Waals surface area (Å²) in [5.74, 6) is -0.0358. The topological polar surface area (TPSA) is 52.7 Å². The van der Waals surface area contributed by atoms with Gasteiger partial charge in [0.25, 0.3) is 5.91 Å². The van der Waals surface area contributed by atoms with E-state index in [4.69, 9.17) is 0 Å². The molecule has 3 amide bonds. The molecule has 1 aliphatic heterocycles. The molecule has 2 aromatic carbocycles. The van der Waals surface area contributed by atoms with Gasteiger partial charge in [0, 0.05) is 42.8 Å². The van der Waals surface area contributed by atoms with Crippen LogP contribution in [-0.2, 0) is 6.54 Å². The Morgan fingerprint density at radius 2 is 1.84 bits per heavy atom. The Labute approximate surface area is 152 Å². The Kier molecular flexibility index (Phi) is 5.28. The van der Waals surface area contributed by atoms with Crippen LogP contribution in [0.15, 0.2) is 53.4 Å². The molecule has 130 valence electrons. The van der Waals surface area contributed by atoms with E-state index >= 15 is 0 Å². The first kappa shape index (κ1) is 17.4. The number of carbonyl (C=O) groups excluding carboxylic acids is 2. The summed E-state index contributed by atoms with van der Waals surface area (Å²) in [6.07, 6.45) is 2.04. The average Bonchev–Trinajstić information content (AvgIpc) is 3.08. The van der Waals surface area contributed by atoms with Crippen molar-refractivity contribution in [3.63, 3.8) is 0 Å². The zero-order valence-electron chi connectivity index (χ0n) is 14.4. The second-order valence-corrected chi connectivity index (χ2v) is 6.82. The minimum atomic E-state index is -0.0927. The SMILES string of the molecule is CSc1ccc(CN(C)C(=O)c2ccc(N3CCNC3=O)cc2)cc1. The van der Waals surface area contributed by atoms with Gasteiger partial charge in [0.1, 0.15) is 0 Å². The van der Waals surface area contributed by atoms with E-state index in [2.05, 4.69) is 17.4 Å². The molecule has 25 heavy (non-hydrogen) atoms. The first-order valence-electron chi connectivity index (χ1n) is 8.12. The largest absolute Gasteiger partial charge is 0.337 e. The fourth-order valence-corrected chi connectivity index (χ4v) is 3.21. The van der Waals surface area contributed by atoms with Crippen LogP contribution in [0.1, 0.15) is 15.9 Å². The Bertz CT molecular complexity index is 759. The molecule has 0 aliphatic carbocycles. The molecule has 1 saturated heterocycles. The van der Waals surface area contributed by atoms with E-state index in [0.717, 1.165) is 11.3 Å². The van der Waals surface area contributed by atoms with Gasteiger partial charge in [0.2, 0.25) is 0 Å². The molecule has 1 N–H and O–H groups in total. The van der Waals surface area contributed by atoms with E-state index in [0.29, 0.717) is 25.2 Å². The van der Waals surface area contributed by atoms with E-state index in [1.807, 2.05) is 30.5 Å². The van der Waals surface area contributed by atoms with Gasteiger partial charge in [-0.25, -0.2) is 4.79 Å². The number of carbonyl (C=O) groups is 2. The summed E-state index contributed by atoms with van der Waals surface area (Å²) < 4.78 is 0. The summed E-state index contributed by atoms with van der Waals surface area (Å²) in [4.78, 5) is 28.9. The van der Waals surface area contributed by atoms with Gasteiger partial charge < -0.3 is 10.2 Å². The normalized spacial score (nSPS) is 13.7. The molecule has 6 heteroatoms. The molecule has 0 spiro atoms. The fraction of sp³-hybridized carbons (Fsp3) is 0.263. The monoisotopic (exact) mass is 355 g/mol.